The van der Waals surface area contributed by atoms with Crippen molar-refractivity contribution in [2.45, 2.75) is 31.8 Å². The first-order chi connectivity index (χ1) is 6.79. The van der Waals surface area contributed by atoms with E-state index in [1.165, 1.54) is 6.07 Å². The van der Waals surface area contributed by atoms with Gasteiger partial charge in [0.25, 0.3) is 0 Å². The smallest absolute Gasteiger partial charge is 0.165 e. The average molecular weight is 246 g/mol. The summed E-state index contributed by atoms with van der Waals surface area (Å²) in [6.45, 7) is 5.90. The van der Waals surface area contributed by atoms with Crippen molar-refractivity contribution < 1.29 is 9.13 Å². The van der Waals surface area contributed by atoms with Gasteiger partial charge < -0.3 is 4.74 Å². The molecule has 15 heavy (non-hydrogen) atoms. The summed E-state index contributed by atoms with van der Waals surface area (Å²) >= 11 is 0. The molecule has 0 bridgehead atoms. The van der Waals surface area contributed by atoms with Crippen LogP contribution in [0.1, 0.15) is 32.3 Å². The Morgan fingerprint density at radius 2 is 1.93 bits per heavy atom. The molecule has 0 fully saturated rings. The fourth-order valence-corrected chi connectivity index (χ4v) is 1.45. The van der Waals surface area contributed by atoms with E-state index in [1.54, 1.807) is 6.07 Å². The molecule has 1 aromatic carbocycles. The maximum atomic E-state index is 13.6. The van der Waals surface area contributed by atoms with Crippen LogP contribution in [0.15, 0.2) is 18.2 Å². The molecule has 0 aliphatic carbocycles. The van der Waals surface area contributed by atoms with Gasteiger partial charge in [0.1, 0.15) is 5.08 Å². The van der Waals surface area contributed by atoms with E-state index in [-0.39, 0.29) is 11.6 Å². The van der Waals surface area contributed by atoms with Crippen LogP contribution < -0.4 is 4.74 Å². The van der Waals surface area contributed by atoms with Crippen molar-refractivity contribution in [3.8, 4) is 5.75 Å². The second-order valence-corrected chi connectivity index (χ2v) is 7.09. The Bertz CT molecular complexity index is 345. The van der Waals surface area contributed by atoms with Gasteiger partial charge in [-0.3, -0.25) is 0 Å². The van der Waals surface area contributed by atoms with Gasteiger partial charge in [0.05, 0.1) is 0 Å². The molecule has 0 aliphatic rings. The third kappa shape index (κ3) is 4.05. The van der Waals surface area contributed by atoms with Gasteiger partial charge in [0.15, 0.2) is 11.6 Å². The van der Waals surface area contributed by atoms with Crippen molar-refractivity contribution in [2.24, 2.45) is 0 Å². The molecule has 0 amide bonds. The van der Waals surface area contributed by atoms with Gasteiger partial charge in [0, 0.05) is 0 Å². The summed E-state index contributed by atoms with van der Waals surface area (Å²) in [6.07, 6.45) is 0. The maximum Gasteiger partial charge on any atom is 0.165 e. The summed E-state index contributed by atoms with van der Waals surface area (Å²) in [7, 11) is 4.98. The summed E-state index contributed by atoms with van der Waals surface area (Å²) in [4.78, 5) is 0. The SMILES string of the molecule is CC(C)c1ccc(OC(C)(P)P)c(F)c1. The molecule has 0 aromatic heterocycles. The molecule has 0 N–H and O–H groups in total. The first-order valence-corrected chi connectivity index (χ1v) is 6.01. The van der Waals surface area contributed by atoms with Crippen molar-refractivity contribution in [1.29, 1.82) is 0 Å². The van der Waals surface area contributed by atoms with Crippen LogP contribution in [0.4, 0.5) is 4.39 Å². The number of benzene rings is 1. The standard InChI is InChI=1S/C11H17FOP2/c1-7(2)8-4-5-10(9(12)6-8)13-11(3,14)15/h4-7H,14-15H2,1-3H3. The van der Waals surface area contributed by atoms with Gasteiger partial charge in [0.2, 0.25) is 0 Å². The van der Waals surface area contributed by atoms with E-state index in [0.29, 0.717) is 5.92 Å². The lowest BCUT2D eigenvalue weighted by Crippen LogP contribution is -2.15. The van der Waals surface area contributed by atoms with Crippen LogP contribution in [0.2, 0.25) is 0 Å². The van der Waals surface area contributed by atoms with Gasteiger partial charge in [-0.15, -0.1) is 0 Å². The highest BCUT2D eigenvalue weighted by atomic mass is 31.1. The fourth-order valence-electron chi connectivity index (χ4n) is 1.20. The van der Waals surface area contributed by atoms with Crippen LogP contribution in [-0.4, -0.2) is 5.08 Å². The van der Waals surface area contributed by atoms with Crippen molar-refractivity contribution in [1.82, 2.24) is 0 Å². The zero-order chi connectivity index (χ0) is 11.6. The molecule has 0 radical (unpaired) electrons. The maximum absolute atomic E-state index is 13.6. The number of hydrogen-bond donors (Lipinski definition) is 0. The Hall–Kier alpha value is -0.190. The lowest BCUT2D eigenvalue weighted by Gasteiger charge is -2.21. The molecule has 0 heterocycles. The lowest BCUT2D eigenvalue weighted by molar-refractivity contribution is 0.261. The Kier molecular flexibility index (Phi) is 4.09. The molecule has 1 nitrogen and oxygen atoms in total. The second kappa shape index (κ2) is 4.76. The third-order valence-corrected chi connectivity index (χ3v) is 2.19. The van der Waals surface area contributed by atoms with E-state index in [0.717, 1.165) is 5.56 Å². The van der Waals surface area contributed by atoms with Gasteiger partial charge in [-0.25, -0.2) is 4.39 Å². The van der Waals surface area contributed by atoms with Crippen LogP contribution in [0.25, 0.3) is 0 Å². The topological polar surface area (TPSA) is 9.23 Å². The van der Waals surface area contributed by atoms with Crippen LogP contribution >= 0.6 is 18.5 Å². The molecule has 0 spiro atoms. The Balaban J connectivity index is 2.94. The molecule has 1 rings (SSSR count). The monoisotopic (exact) mass is 246 g/mol. The van der Waals surface area contributed by atoms with E-state index in [2.05, 4.69) is 18.5 Å². The number of rotatable bonds is 3. The molecule has 0 aliphatic heterocycles. The minimum absolute atomic E-state index is 0.284. The molecule has 2 unspecified atom stereocenters. The summed E-state index contributed by atoms with van der Waals surface area (Å²) in [6, 6.07) is 5.10. The molecule has 84 valence electrons. The number of ether oxygens (including phenoxy) is 1. The van der Waals surface area contributed by atoms with Crippen molar-refractivity contribution >= 4 is 18.5 Å². The molecule has 0 saturated carbocycles. The molecular weight excluding hydrogens is 229 g/mol. The van der Waals surface area contributed by atoms with Crippen LogP contribution in [0, 0.1) is 5.82 Å². The summed E-state index contributed by atoms with van der Waals surface area (Å²) < 4.78 is 19.0. The summed E-state index contributed by atoms with van der Waals surface area (Å²) in [5.74, 6) is 0.302. The van der Waals surface area contributed by atoms with E-state index in [1.807, 2.05) is 26.8 Å². The van der Waals surface area contributed by atoms with E-state index >= 15 is 0 Å². The summed E-state index contributed by atoms with van der Waals surface area (Å²) in [5.41, 5.74) is 0.981. The van der Waals surface area contributed by atoms with Crippen LogP contribution in [0.3, 0.4) is 0 Å². The highest BCUT2D eigenvalue weighted by Gasteiger charge is 2.15. The first kappa shape index (κ1) is 12.9. The Labute approximate surface area is 95.2 Å². The third-order valence-electron chi connectivity index (χ3n) is 1.95. The number of halogens is 1. The van der Waals surface area contributed by atoms with Crippen molar-refractivity contribution in [3.05, 3.63) is 29.6 Å². The Morgan fingerprint density at radius 1 is 1.33 bits per heavy atom. The zero-order valence-corrected chi connectivity index (χ0v) is 11.6. The summed E-state index contributed by atoms with van der Waals surface area (Å²) in [5, 5.41) is -0.528. The molecule has 2 atom stereocenters. The number of hydrogen-bond acceptors (Lipinski definition) is 1. The predicted octanol–water partition coefficient (Wildman–Crippen LogP) is 3.75. The minimum atomic E-state index is -0.528. The van der Waals surface area contributed by atoms with Crippen LogP contribution in [0.5, 0.6) is 5.75 Å². The zero-order valence-electron chi connectivity index (χ0n) is 9.25. The normalized spacial score (nSPS) is 11.9. The van der Waals surface area contributed by atoms with E-state index in [9.17, 15) is 4.39 Å². The highest BCUT2D eigenvalue weighted by molar-refractivity contribution is 7.39. The molecule has 4 heteroatoms. The quantitative estimate of drug-likeness (QED) is 0.738. The van der Waals surface area contributed by atoms with E-state index in [4.69, 9.17) is 4.74 Å². The van der Waals surface area contributed by atoms with Gasteiger partial charge >= 0.3 is 0 Å². The van der Waals surface area contributed by atoms with Crippen molar-refractivity contribution in [3.63, 3.8) is 0 Å². The molecule has 0 saturated heterocycles. The van der Waals surface area contributed by atoms with Gasteiger partial charge in [-0.2, -0.15) is 0 Å². The lowest BCUT2D eigenvalue weighted by atomic mass is 10.0. The van der Waals surface area contributed by atoms with Gasteiger partial charge in [-0.1, -0.05) is 38.4 Å². The highest BCUT2D eigenvalue weighted by Crippen LogP contribution is 2.32. The fraction of sp³-hybridized carbons (Fsp3) is 0.455. The predicted molar refractivity (Wildman–Crippen MR) is 68.9 cm³/mol. The Morgan fingerprint density at radius 3 is 2.33 bits per heavy atom. The average Bonchev–Trinajstić information content (AvgIpc) is 2.05. The molecule has 1 aromatic rings. The molecular formula is C11H17FOP2. The first-order valence-electron chi connectivity index (χ1n) is 4.86. The van der Waals surface area contributed by atoms with Crippen molar-refractivity contribution in [2.75, 3.05) is 0 Å². The van der Waals surface area contributed by atoms with E-state index < -0.39 is 5.08 Å². The van der Waals surface area contributed by atoms with Crippen LogP contribution in [-0.2, 0) is 0 Å². The minimum Gasteiger partial charge on any atom is -0.477 e. The second-order valence-electron chi connectivity index (χ2n) is 4.13. The van der Waals surface area contributed by atoms with Gasteiger partial charge in [-0.05, 0) is 30.5 Å². The largest absolute Gasteiger partial charge is 0.477 e.